The third-order valence-electron chi connectivity index (χ3n) is 2.51. The molecule has 0 radical (unpaired) electrons. The Balaban J connectivity index is 2.23. The molecule has 3 nitrogen and oxygen atoms in total. The van der Waals surface area contributed by atoms with Gasteiger partial charge in [-0.15, -0.1) is 0 Å². The number of hydrogen-bond acceptors (Lipinski definition) is 3. The quantitative estimate of drug-likeness (QED) is 0.752. The predicted octanol–water partition coefficient (Wildman–Crippen LogP) is 2.46. The van der Waals surface area contributed by atoms with E-state index < -0.39 is 0 Å². The normalized spacial score (nSPS) is 28.2. The van der Waals surface area contributed by atoms with Gasteiger partial charge in [-0.1, -0.05) is 15.9 Å². The van der Waals surface area contributed by atoms with Gasteiger partial charge in [-0.3, -0.25) is 0 Å². The molecule has 1 aromatic rings. The summed E-state index contributed by atoms with van der Waals surface area (Å²) >= 11 is 3.39. The van der Waals surface area contributed by atoms with Gasteiger partial charge in [-0.05, 0) is 13.3 Å². The van der Waals surface area contributed by atoms with Crippen LogP contribution in [0.15, 0.2) is 10.8 Å². The number of hydrogen-bond donors (Lipinski definition) is 0. The Morgan fingerprint density at radius 2 is 2.54 bits per heavy atom. The molecular weight excluding hydrogens is 234 g/mol. The Morgan fingerprint density at radius 3 is 3.15 bits per heavy atom. The third kappa shape index (κ3) is 1.65. The van der Waals surface area contributed by atoms with Crippen LogP contribution < -0.4 is 0 Å². The Bertz CT molecular complexity index is 287. The maximum atomic E-state index is 5.49. The maximum Gasteiger partial charge on any atom is 0.181 e. The second-order valence-corrected chi connectivity index (χ2v) is 3.83. The molecule has 0 N–H and O–H groups in total. The SMILES string of the molecule is CC1OCCC1c1ocnc1CBr. The monoisotopic (exact) mass is 245 g/mol. The van der Waals surface area contributed by atoms with Crippen molar-refractivity contribution in [1.29, 1.82) is 0 Å². The molecule has 13 heavy (non-hydrogen) atoms. The number of nitrogens with zero attached hydrogens (tertiary/aromatic N) is 1. The van der Waals surface area contributed by atoms with Crippen LogP contribution in [-0.4, -0.2) is 17.7 Å². The molecule has 2 heterocycles. The molecule has 2 rings (SSSR count). The number of oxazole rings is 1. The fourth-order valence-electron chi connectivity index (χ4n) is 1.76. The van der Waals surface area contributed by atoms with Crippen LogP contribution in [0.25, 0.3) is 0 Å². The van der Waals surface area contributed by atoms with Gasteiger partial charge in [-0.25, -0.2) is 4.98 Å². The molecule has 0 amide bonds. The van der Waals surface area contributed by atoms with Gasteiger partial charge in [0.1, 0.15) is 5.76 Å². The van der Waals surface area contributed by atoms with E-state index in [1.54, 1.807) is 0 Å². The van der Waals surface area contributed by atoms with Crippen molar-refractivity contribution in [1.82, 2.24) is 4.98 Å². The Morgan fingerprint density at radius 1 is 1.69 bits per heavy atom. The molecule has 2 atom stereocenters. The summed E-state index contributed by atoms with van der Waals surface area (Å²) in [5.41, 5.74) is 1.00. The zero-order valence-electron chi connectivity index (χ0n) is 7.50. The van der Waals surface area contributed by atoms with Crippen molar-refractivity contribution in [2.24, 2.45) is 0 Å². The van der Waals surface area contributed by atoms with Crippen molar-refractivity contribution in [3.8, 4) is 0 Å². The first-order valence-electron chi connectivity index (χ1n) is 4.42. The summed E-state index contributed by atoms with van der Waals surface area (Å²) in [6, 6.07) is 0. The highest BCUT2D eigenvalue weighted by Gasteiger charge is 2.30. The Hall–Kier alpha value is -0.350. The van der Waals surface area contributed by atoms with Crippen LogP contribution in [0.5, 0.6) is 0 Å². The highest BCUT2D eigenvalue weighted by atomic mass is 79.9. The zero-order valence-corrected chi connectivity index (χ0v) is 9.08. The standard InChI is InChI=1S/C9H12BrNO2/c1-6-7(2-3-12-6)9-8(4-10)11-5-13-9/h5-7H,2-4H2,1H3. The Labute approximate surface area is 85.6 Å². The van der Waals surface area contributed by atoms with E-state index >= 15 is 0 Å². The molecule has 4 heteroatoms. The first-order chi connectivity index (χ1) is 6.33. The molecule has 1 aliphatic heterocycles. The van der Waals surface area contributed by atoms with Crippen molar-refractivity contribution in [2.75, 3.05) is 6.61 Å². The summed E-state index contributed by atoms with van der Waals surface area (Å²) in [7, 11) is 0. The van der Waals surface area contributed by atoms with Gasteiger partial charge in [0.15, 0.2) is 6.39 Å². The first-order valence-corrected chi connectivity index (χ1v) is 5.55. The van der Waals surface area contributed by atoms with E-state index in [4.69, 9.17) is 9.15 Å². The van der Waals surface area contributed by atoms with E-state index in [2.05, 4.69) is 27.8 Å². The molecule has 0 aromatic carbocycles. The van der Waals surface area contributed by atoms with Crippen LogP contribution in [0.2, 0.25) is 0 Å². The van der Waals surface area contributed by atoms with E-state index in [-0.39, 0.29) is 6.10 Å². The number of rotatable bonds is 2. The van der Waals surface area contributed by atoms with Crippen molar-refractivity contribution in [3.05, 3.63) is 17.8 Å². The predicted molar refractivity (Wildman–Crippen MR) is 51.9 cm³/mol. The second kappa shape index (κ2) is 3.80. The minimum Gasteiger partial charge on any atom is -0.448 e. The van der Waals surface area contributed by atoms with Gasteiger partial charge in [0.05, 0.1) is 11.8 Å². The first kappa shape index (κ1) is 9.21. The van der Waals surface area contributed by atoms with E-state index in [9.17, 15) is 0 Å². The van der Waals surface area contributed by atoms with Crippen LogP contribution in [0.3, 0.4) is 0 Å². The smallest absolute Gasteiger partial charge is 0.181 e. The van der Waals surface area contributed by atoms with E-state index in [1.165, 1.54) is 6.39 Å². The second-order valence-electron chi connectivity index (χ2n) is 3.27. The van der Waals surface area contributed by atoms with Gasteiger partial charge in [0, 0.05) is 17.9 Å². The lowest BCUT2D eigenvalue weighted by Crippen LogP contribution is -2.09. The van der Waals surface area contributed by atoms with Gasteiger partial charge in [0.25, 0.3) is 0 Å². The molecule has 1 saturated heterocycles. The van der Waals surface area contributed by atoms with Crippen molar-refractivity contribution in [2.45, 2.75) is 30.7 Å². The summed E-state index contributed by atoms with van der Waals surface area (Å²) in [6.07, 6.45) is 2.80. The number of aromatic nitrogens is 1. The van der Waals surface area contributed by atoms with Gasteiger partial charge < -0.3 is 9.15 Å². The number of alkyl halides is 1. The largest absolute Gasteiger partial charge is 0.448 e. The average Bonchev–Trinajstić information content (AvgIpc) is 2.71. The molecular formula is C9H12BrNO2. The minimum absolute atomic E-state index is 0.255. The lowest BCUT2D eigenvalue weighted by Gasteiger charge is -2.11. The molecule has 0 saturated carbocycles. The topological polar surface area (TPSA) is 35.3 Å². The van der Waals surface area contributed by atoms with Gasteiger partial charge in [-0.2, -0.15) is 0 Å². The number of ether oxygens (including phenoxy) is 1. The van der Waals surface area contributed by atoms with Gasteiger partial charge >= 0.3 is 0 Å². The fraction of sp³-hybridized carbons (Fsp3) is 0.667. The van der Waals surface area contributed by atoms with E-state index in [1.807, 2.05) is 0 Å². The summed E-state index contributed by atoms with van der Waals surface area (Å²) < 4.78 is 10.9. The van der Waals surface area contributed by atoms with E-state index in [0.717, 1.165) is 29.8 Å². The highest BCUT2D eigenvalue weighted by molar-refractivity contribution is 9.08. The van der Waals surface area contributed by atoms with Crippen LogP contribution >= 0.6 is 15.9 Å². The zero-order chi connectivity index (χ0) is 9.26. The summed E-state index contributed by atoms with van der Waals surface area (Å²) in [5.74, 6) is 1.37. The highest BCUT2D eigenvalue weighted by Crippen LogP contribution is 2.33. The summed E-state index contributed by atoms with van der Waals surface area (Å²) in [4.78, 5) is 4.14. The molecule has 72 valence electrons. The Kier molecular flexibility index (Phi) is 2.69. The van der Waals surface area contributed by atoms with Crippen LogP contribution in [-0.2, 0) is 10.1 Å². The molecule has 0 aliphatic carbocycles. The maximum absolute atomic E-state index is 5.49. The van der Waals surface area contributed by atoms with Crippen LogP contribution in [0.4, 0.5) is 0 Å². The van der Waals surface area contributed by atoms with Crippen LogP contribution in [0.1, 0.15) is 30.7 Å². The number of halogens is 1. The average molecular weight is 246 g/mol. The van der Waals surface area contributed by atoms with E-state index in [0.29, 0.717) is 5.92 Å². The molecule has 1 aliphatic rings. The lowest BCUT2D eigenvalue weighted by atomic mass is 9.98. The minimum atomic E-state index is 0.255. The fourth-order valence-corrected chi connectivity index (χ4v) is 2.18. The van der Waals surface area contributed by atoms with Crippen molar-refractivity contribution < 1.29 is 9.15 Å². The third-order valence-corrected chi connectivity index (χ3v) is 3.04. The molecule has 1 fully saturated rings. The molecule has 0 spiro atoms. The molecule has 0 bridgehead atoms. The molecule has 1 aromatic heterocycles. The van der Waals surface area contributed by atoms with Crippen molar-refractivity contribution in [3.63, 3.8) is 0 Å². The lowest BCUT2D eigenvalue weighted by molar-refractivity contribution is 0.115. The summed E-state index contributed by atoms with van der Waals surface area (Å²) in [6.45, 7) is 2.91. The summed E-state index contributed by atoms with van der Waals surface area (Å²) in [5, 5.41) is 0.752. The molecule has 2 unspecified atom stereocenters. The van der Waals surface area contributed by atoms with Gasteiger partial charge in [0.2, 0.25) is 0 Å². The van der Waals surface area contributed by atoms with Crippen LogP contribution in [0, 0.1) is 0 Å². The van der Waals surface area contributed by atoms with Crippen molar-refractivity contribution >= 4 is 15.9 Å².